The van der Waals surface area contributed by atoms with E-state index in [1.165, 1.54) is 31.2 Å². The van der Waals surface area contributed by atoms with Crippen LogP contribution in [0.1, 0.15) is 12.5 Å². The van der Waals surface area contributed by atoms with Gasteiger partial charge in [0.15, 0.2) is 19.7 Å². The van der Waals surface area contributed by atoms with E-state index in [9.17, 15) is 21.6 Å². The highest BCUT2D eigenvalue weighted by molar-refractivity contribution is 7.96. The maximum absolute atomic E-state index is 13.1. The number of carbonyl (C=O) groups is 1. The number of carbonyl (C=O) groups excluding carboxylic acids is 1. The smallest absolute Gasteiger partial charge is 0.221 e. The number of anilines is 1. The largest absolute Gasteiger partial charge is 0.326 e. The Bertz CT molecular complexity index is 1070. The van der Waals surface area contributed by atoms with Crippen molar-refractivity contribution in [3.8, 4) is 0 Å². The first-order chi connectivity index (χ1) is 13.7. The number of amides is 1. The van der Waals surface area contributed by atoms with Gasteiger partial charge in [0.2, 0.25) is 5.91 Å². The third-order valence-corrected chi connectivity index (χ3v) is 9.03. The summed E-state index contributed by atoms with van der Waals surface area (Å²) in [6, 6.07) is 14.8. The Kier molecular flexibility index (Phi) is 6.40. The molecular weight excluding hydrogens is 412 g/mol. The molecule has 156 valence electrons. The number of benzene rings is 2. The van der Waals surface area contributed by atoms with E-state index < -0.39 is 36.7 Å². The van der Waals surface area contributed by atoms with Crippen LogP contribution in [0.5, 0.6) is 0 Å². The monoisotopic (exact) mass is 436 g/mol. The highest BCUT2D eigenvalue weighted by atomic mass is 32.2. The SMILES string of the molecule is CC(=O)Nc1ccc(S(=O)(=O)C2CS(=O)(=O)CC2NCCc2ccccc2)cc1. The highest BCUT2D eigenvalue weighted by Gasteiger charge is 2.45. The van der Waals surface area contributed by atoms with Gasteiger partial charge in [0.1, 0.15) is 0 Å². The quantitative estimate of drug-likeness (QED) is 0.679. The van der Waals surface area contributed by atoms with Crippen molar-refractivity contribution in [2.24, 2.45) is 0 Å². The van der Waals surface area contributed by atoms with Gasteiger partial charge in [-0.2, -0.15) is 0 Å². The van der Waals surface area contributed by atoms with Gasteiger partial charge >= 0.3 is 0 Å². The van der Waals surface area contributed by atoms with Crippen molar-refractivity contribution in [3.05, 3.63) is 60.2 Å². The van der Waals surface area contributed by atoms with Gasteiger partial charge in [0, 0.05) is 18.7 Å². The second-order valence-electron chi connectivity index (χ2n) is 7.16. The average molecular weight is 437 g/mol. The molecule has 1 aliphatic rings. The topological polar surface area (TPSA) is 109 Å². The second-order valence-corrected chi connectivity index (χ2v) is 11.5. The molecule has 2 atom stereocenters. The van der Waals surface area contributed by atoms with Gasteiger partial charge in [-0.25, -0.2) is 16.8 Å². The fourth-order valence-electron chi connectivity index (χ4n) is 3.46. The molecule has 2 unspecified atom stereocenters. The molecule has 0 aromatic heterocycles. The van der Waals surface area contributed by atoms with Gasteiger partial charge in [0.25, 0.3) is 0 Å². The van der Waals surface area contributed by atoms with Crippen molar-refractivity contribution < 1.29 is 21.6 Å². The second kappa shape index (κ2) is 8.64. The number of sulfone groups is 2. The molecule has 29 heavy (non-hydrogen) atoms. The Morgan fingerprint density at radius 3 is 2.31 bits per heavy atom. The first-order valence-corrected chi connectivity index (χ1v) is 12.6. The van der Waals surface area contributed by atoms with E-state index in [0.29, 0.717) is 18.7 Å². The fourth-order valence-corrected chi connectivity index (χ4v) is 8.18. The maximum Gasteiger partial charge on any atom is 0.221 e. The number of hydrogen-bond acceptors (Lipinski definition) is 6. The molecule has 7 nitrogen and oxygen atoms in total. The molecule has 0 spiro atoms. The third-order valence-electron chi connectivity index (χ3n) is 4.87. The Labute approximate surface area is 171 Å². The van der Waals surface area contributed by atoms with Crippen LogP contribution in [0, 0.1) is 0 Å². The van der Waals surface area contributed by atoms with E-state index >= 15 is 0 Å². The van der Waals surface area contributed by atoms with Crippen molar-refractivity contribution in [1.82, 2.24) is 5.32 Å². The molecular formula is C20H24N2O5S2. The summed E-state index contributed by atoms with van der Waals surface area (Å²) in [6.07, 6.45) is 0.676. The zero-order valence-electron chi connectivity index (χ0n) is 16.0. The lowest BCUT2D eigenvalue weighted by Crippen LogP contribution is -2.44. The average Bonchev–Trinajstić information content (AvgIpc) is 2.98. The fraction of sp³-hybridized carbons (Fsp3) is 0.350. The molecule has 2 N–H and O–H groups in total. The minimum Gasteiger partial charge on any atom is -0.326 e. The summed E-state index contributed by atoms with van der Waals surface area (Å²) >= 11 is 0. The molecule has 1 fully saturated rings. The van der Waals surface area contributed by atoms with Crippen molar-refractivity contribution in [2.75, 3.05) is 23.4 Å². The van der Waals surface area contributed by atoms with Gasteiger partial charge in [0.05, 0.1) is 21.7 Å². The summed E-state index contributed by atoms with van der Waals surface area (Å²) in [6.45, 7) is 1.84. The van der Waals surface area contributed by atoms with Crippen LogP contribution >= 0.6 is 0 Å². The lowest BCUT2D eigenvalue weighted by Gasteiger charge is -2.20. The normalized spacial score (nSPS) is 21.0. The van der Waals surface area contributed by atoms with Gasteiger partial charge in [-0.05, 0) is 42.8 Å². The van der Waals surface area contributed by atoms with Crippen LogP contribution in [0.25, 0.3) is 0 Å². The van der Waals surface area contributed by atoms with Crippen LogP contribution in [0.15, 0.2) is 59.5 Å². The van der Waals surface area contributed by atoms with Crippen molar-refractivity contribution >= 4 is 31.3 Å². The molecule has 0 aliphatic carbocycles. The molecule has 3 rings (SSSR count). The van der Waals surface area contributed by atoms with E-state index in [-0.39, 0.29) is 16.6 Å². The Morgan fingerprint density at radius 1 is 1.03 bits per heavy atom. The van der Waals surface area contributed by atoms with Crippen LogP contribution in [0.2, 0.25) is 0 Å². The Hall–Kier alpha value is -2.23. The molecule has 9 heteroatoms. The van der Waals surface area contributed by atoms with E-state index in [0.717, 1.165) is 5.56 Å². The van der Waals surface area contributed by atoms with E-state index in [1.807, 2.05) is 30.3 Å². The molecule has 0 radical (unpaired) electrons. The van der Waals surface area contributed by atoms with Crippen molar-refractivity contribution in [2.45, 2.75) is 29.5 Å². The van der Waals surface area contributed by atoms with Gasteiger partial charge in [-0.3, -0.25) is 4.79 Å². The van der Waals surface area contributed by atoms with Crippen LogP contribution in [0.3, 0.4) is 0 Å². The Balaban J connectivity index is 1.75. The standard InChI is InChI=1S/C20H24N2O5S2/c1-15(23)22-17-7-9-18(10-8-17)29(26,27)20-14-28(24,25)13-19(20)21-12-11-16-5-3-2-4-6-16/h2-10,19-21H,11-14H2,1H3,(H,22,23). The molecule has 0 saturated carbocycles. The number of rotatable bonds is 7. The van der Waals surface area contributed by atoms with E-state index in [4.69, 9.17) is 0 Å². The molecule has 1 saturated heterocycles. The molecule has 2 aromatic rings. The zero-order chi connectivity index (χ0) is 21.1. The van der Waals surface area contributed by atoms with E-state index in [2.05, 4.69) is 10.6 Å². The molecule has 1 amide bonds. The van der Waals surface area contributed by atoms with Crippen LogP contribution in [-0.4, -0.2) is 52.1 Å². The Morgan fingerprint density at radius 2 is 1.69 bits per heavy atom. The predicted molar refractivity (Wildman–Crippen MR) is 112 cm³/mol. The summed E-state index contributed by atoms with van der Waals surface area (Å²) in [5.41, 5.74) is 1.57. The summed E-state index contributed by atoms with van der Waals surface area (Å²) in [5.74, 6) is -0.855. The molecule has 0 bridgehead atoms. The van der Waals surface area contributed by atoms with Crippen LogP contribution in [-0.2, 0) is 30.9 Å². The first kappa shape index (κ1) is 21.5. The number of hydrogen-bond donors (Lipinski definition) is 2. The lowest BCUT2D eigenvalue weighted by molar-refractivity contribution is -0.114. The lowest BCUT2D eigenvalue weighted by atomic mass is 10.1. The summed E-state index contributed by atoms with van der Waals surface area (Å²) < 4.78 is 50.6. The third kappa shape index (κ3) is 5.43. The van der Waals surface area contributed by atoms with Crippen molar-refractivity contribution in [3.63, 3.8) is 0 Å². The summed E-state index contributed by atoms with van der Waals surface area (Å²) in [4.78, 5) is 11.2. The zero-order valence-corrected chi connectivity index (χ0v) is 17.7. The predicted octanol–water partition coefficient (Wildman–Crippen LogP) is 1.42. The van der Waals surface area contributed by atoms with Crippen LogP contribution < -0.4 is 10.6 Å². The summed E-state index contributed by atoms with van der Waals surface area (Å²) in [7, 11) is -7.31. The van der Waals surface area contributed by atoms with Crippen molar-refractivity contribution in [1.29, 1.82) is 0 Å². The van der Waals surface area contributed by atoms with Gasteiger partial charge in [-0.15, -0.1) is 0 Å². The molecule has 2 aromatic carbocycles. The highest BCUT2D eigenvalue weighted by Crippen LogP contribution is 2.27. The minimum absolute atomic E-state index is 0.0450. The van der Waals surface area contributed by atoms with Gasteiger partial charge in [-0.1, -0.05) is 30.3 Å². The minimum atomic E-state index is -3.85. The number of nitrogens with one attached hydrogen (secondary N) is 2. The van der Waals surface area contributed by atoms with Gasteiger partial charge < -0.3 is 10.6 Å². The van der Waals surface area contributed by atoms with E-state index in [1.54, 1.807) is 0 Å². The van der Waals surface area contributed by atoms with Crippen LogP contribution in [0.4, 0.5) is 5.69 Å². The maximum atomic E-state index is 13.1. The summed E-state index contributed by atoms with van der Waals surface area (Å²) in [5, 5.41) is 4.66. The molecule has 1 aliphatic heterocycles. The first-order valence-electron chi connectivity index (χ1n) is 9.27. The molecule has 1 heterocycles.